The minimum atomic E-state index is -0.239. The van der Waals surface area contributed by atoms with Crippen molar-refractivity contribution < 1.29 is 9.59 Å². The molecular weight excluding hydrogens is 314 g/mol. The third-order valence-electron chi connectivity index (χ3n) is 5.35. The molecule has 1 aromatic carbocycles. The number of piperidine rings is 1. The maximum atomic E-state index is 12.9. The molecule has 5 nitrogen and oxygen atoms in total. The first-order valence-corrected chi connectivity index (χ1v) is 9.06. The van der Waals surface area contributed by atoms with Crippen LogP contribution in [0.4, 0.5) is 5.69 Å². The number of carbonyl (C=O) groups is 2. The van der Waals surface area contributed by atoms with Crippen LogP contribution in [0.15, 0.2) is 36.5 Å². The summed E-state index contributed by atoms with van der Waals surface area (Å²) in [7, 11) is 0. The number of pyridine rings is 1. The van der Waals surface area contributed by atoms with Crippen molar-refractivity contribution in [1.82, 2.24) is 9.88 Å². The highest BCUT2D eigenvalue weighted by molar-refractivity contribution is 6.05. The molecule has 5 heteroatoms. The number of fused-ring (bicyclic) bond motifs is 1. The van der Waals surface area contributed by atoms with E-state index in [0.717, 1.165) is 36.1 Å². The molecule has 0 N–H and O–H groups in total. The predicted octanol–water partition coefficient (Wildman–Crippen LogP) is 2.85. The number of rotatable bonds is 2. The van der Waals surface area contributed by atoms with Gasteiger partial charge in [-0.2, -0.15) is 0 Å². The lowest BCUT2D eigenvalue weighted by atomic mass is 9.98. The van der Waals surface area contributed by atoms with Crippen molar-refractivity contribution in [2.24, 2.45) is 11.8 Å². The normalized spacial score (nSPS) is 24.1. The van der Waals surface area contributed by atoms with Gasteiger partial charge in [0.1, 0.15) is 0 Å². The number of likely N-dealkylation sites (tertiary alicyclic amines) is 1. The molecule has 2 aliphatic heterocycles. The van der Waals surface area contributed by atoms with Crippen LogP contribution in [0.2, 0.25) is 0 Å². The standard InChI is InChI=1S/C20H23N3O2/c1-14-5-4-10-22(12-14)20(25)16-11-18(24)23(13-16)17-8-2-6-15-7-3-9-21-19(15)17/h2-3,6-9,14,16H,4-5,10-13H2,1H3. The van der Waals surface area contributed by atoms with Crippen molar-refractivity contribution in [3.8, 4) is 0 Å². The molecule has 2 saturated heterocycles. The molecule has 2 amide bonds. The predicted molar refractivity (Wildman–Crippen MR) is 97.2 cm³/mol. The summed E-state index contributed by atoms with van der Waals surface area (Å²) in [4.78, 5) is 33.6. The van der Waals surface area contributed by atoms with E-state index in [2.05, 4.69) is 11.9 Å². The zero-order valence-electron chi connectivity index (χ0n) is 14.5. The Bertz CT molecular complexity index is 814. The number of nitrogens with zero attached hydrogens (tertiary/aromatic N) is 3. The van der Waals surface area contributed by atoms with Crippen molar-refractivity contribution in [3.63, 3.8) is 0 Å². The Morgan fingerprint density at radius 3 is 2.88 bits per heavy atom. The molecule has 2 aliphatic rings. The average molecular weight is 337 g/mol. The number of benzene rings is 1. The Kier molecular flexibility index (Phi) is 4.15. The summed E-state index contributed by atoms with van der Waals surface area (Å²) in [6.45, 7) is 4.29. The van der Waals surface area contributed by atoms with Crippen LogP contribution >= 0.6 is 0 Å². The second-order valence-electron chi connectivity index (χ2n) is 7.29. The highest BCUT2D eigenvalue weighted by Gasteiger charge is 2.38. The lowest BCUT2D eigenvalue weighted by molar-refractivity contribution is -0.137. The number of aromatic nitrogens is 1. The highest BCUT2D eigenvalue weighted by atomic mass is 16.2. The van der Waals surface area contributed by atoms with Crippen LogP contribution < -0.4 is 4.90 Å². The molecule has 130 valence electrons. The average Bonchev–Trinajstić information content (AvgIpc) is 3.02. The SMILES string of the molecule is CC1CCCN(C(=O)C2CC(=O)N(c3cccc4cccnc34)C2)C1. The molecule has 2 atom stereocenters. The summed E-state index contributed by atoms with van der Waals surface area (Å²) in [6, 6.07) is 9.73. The van der Waals surface area contributed by atoms with E-state index in [0.29, 0.717) is 18.9 Å². The summed E-state index contributed by atoms with van der Waals surface area (Å²) < 4.78 is 0. The van der Waals surface area contributed by atoms with Crippen LogP contribution in [-0.2, 0) is 9.59 Å². The van der Waals surface area contributed by atoms with Gasteiger partial charge in [-0.1, -0.05) is 25.1 Å². The number of hydrogen-bond acceptors (Lipinski definition) is 3. The van der Waals surface area contributed by atoms with Gasteiger partial charge >= 0.3 is 0 Å². The first-order chi connectivity index (χ1) is 12.1. The topological polar surface area (TPSA) is 53.5 Å². The van der Waals surface area contributed by atoms with E-state index in [1.807, 2.05) is 35.2 Å². The summed E-state index contributed by atoms with van der Waals surface area (Å²) in [5.74, 6) is 0.460. The van der Waals surface area contributed by atoms with Crippen LogP contribution in [0.5, 0.6) is 0 Å². The zero-order valence-corrected chi connectivity index (χ0v) is 14.5. The monoisotopic (exact) mass is 337 g/mol. The van der Waals surface area contributed by atoms with E-state index >= 15 is 0 Å². The van der Waals surface area contributed by atoms with E-state index in [4.69, 9.17) is 0 Å². The van der Waals surface area contributed by atoms with Crippen molar-refractivity contribution >= 4 is 28.4 Å². The van der Waals surface area contributed by atoms with Crippen LogP contribution in [-0.4, -0.2) is 41.3 Å². The number of anilines is 1. The number of para-hydroxylation sites is 1. The molecule has 2 unspecified atom stereocenters. The second kappa shape index (κ2) is 6.47. The van der Waals surface area contributed by atoms with Gasteiger partial charge in [-0.15, -0.1) is 0 Å². The Morgan fingerprint density at radius 1 is 1.20 bits per heavy atom. The second-order valence-corrected chi connectivity index (χ2v) is 7.29. The van der Waals surface area contributed by atoms with Crippen LogP contribution in [0.3, 0.4) is 0 Å². The Balaban J connectivity index is 1.57. The zero-order chi connectivity index (χ0) is 17.4. The third-order valence-corrected chi connectivity index (χ3v) is 5.35. The third kappa shape index (κ3) is 2.99. The molecule has 1 aromatic heterocycles. The quantitative estimate of drug-likeness (QED) is 0.847. The fourth-order valence-corrected chi connectivity index (χ4v) is 4.06. The van der Waals surface area contributed by atoms with Gasteiger partial charge in [0.05, 0.1) is 17.1 Å². The van der Waals surface area contributed by atoms with E-state index < -0.39 is 0 Å². The molecule has 4 rings (SSSR count). The molecule has 0 spiro atoms. The lowest BCUT2D eigenvalue weighted by Crippen LogP contribution is -2.43. The molecule has 0 saturated carbocycles. The molecule has 25 heavy (non-hydrogen) atoms. The largest absolute Gasteiger partial charge is 0.342 e. The Morgan fingerprint density at radius 2 is 2.04 bits per heavy atom. The Hall–Kier alpha value is -2.43. The van der Waals surface area contributed by atoms with Gasteiger partial charge in [-0.05, 0) is 30.9 Å². The van der Waals surface area contributed by atoms with Gasteiger partial charge in [0, 0.05) is 37.6 Å². The van der Waals surface area contributed by atoms with Gasteiger partial charge in [-0.3, -0.25) is 14.6 Å². The smallest absolute Gasteiger partial charge is 0.228 e. The molecular formula is C20H23N3O2. The van der Waals surface area contributed by atoms with Crippen molar-refractivity contribution in [2.75, 3.05) is 24.5 Å². The van der Waals surface area contributed by atoms with Crippen molar-refractivity contribution in [2.45, 2.75) is 26.2 Å². The Labute approximate surface area is 147 Å². The first-order valence-electron chi connectivity index (χ1n) is 9.06. The van der Waals surface area contributed by atoms with Gasteiger partial charge in [0.2, 0.25) is 11.8 Å². The molecule has 3 heterocycles. The summed E-state index contributed by atoms with van der Waals surface area (Å²) in [6.07, 6.45) is 4.28. The first kappa shape index (κ1) is 16.1. The molecule has 2 aromatic rings. The fraction of sp³-hybridized carbons (Fsp3) is 0.450. The van der Waals surface area contributed by atoms with Crippen LogP contribution in [0, 0.1) is 11.8 Å². The van der Waals surface area contributed by atoms with Crippen molar-refractivity contribution in [3.05, 3.63) is 36.5 Å². The lowest BCUT2D eigenvalue weighted by Gasteiger charge is -2.32. The summed E-state index contributed by atoms with van der Waals surface area (Å²) in [5.41, 5.74) is 1.63. The van der Waals surface area contributed by atoms with Gasteiger partial charge in [0.15, 0.2) is 0 Å². The van der Waals surface area contributed by atoms with Gasteiger partial charge in [-0.25, -0.2) is 0 Å². The van der Waals surface area contributed by atoms with Crippen LogP contribution in [0.1, 0.15) is 26.2 Å². The fourth-order valence-electron chi connectivity index (χ4n) is 4.06. The summed E-state index contributed by atoms with van der Waals surface area (Å²) in [5, 5.41) is 1.01. The summed E-state index contributed by atoms with van der Waals surface area (Å²) >= 11 is 0. The van der Waals surface area contributed by atoms with Crippen molar-refractivity contribution in [1.29, 1.82) is 0 Å². The molecule has 0 bridgehead atoms. The van der Waals surface area contributed by atoms with E-state index in [1.165, 1.54) is 6.42 Å². The van der Waals surface area contributed by atoms with E-state index in [1.54, 1.807) is 11.1 Å². The molecule has 0 radical (unpaired) electrons. The maximum Gasteiger partial charge on any atom is 0.228 e. The molecule has 2 fully saturated rings. The number of hydrogen-bond donors (Lipinski definition) is 0. The number of amides is 2. The molecule has 0 aliphatic carbocycles. The van der Waals surface area contributed by atoms with Gasteiger partial charge in [0.25, 0.3) is 0 Å². The van der Waals surface area contributed by atoms with Crippen LogP contribution in [0.25, 0.3) is 10.9 Å². The maximum absolute atomic E-state index is 12.9. The minimum absolute atomic E-state index is 0.0153. The van der Waals surface area contributed by atoms with Gasteiger partial charge < -0.3 is 9.80 Å². The minimum Gasteiger partial charge on any atom is -0.342 e. The number of carbonyl (C=O) groups excluding carboxylic acids is 2. The highest BCUT2D eigenvalue weighted by Crippen LogP contribution is 2.31. The van der Waals surface area contributed by atoms with E-state index in [-0.39, 0.29) is 17.7 Å². The van der Waals surface area contributed by atoms with E-state index in [9.17, 15) is 9.59 Å².